The van der Waals surface area contributed by atoms with Crippen molar-refractivity contribution in [3.05, 3.63) is 29.8 Å². The number of amides is 1. The Morgan fingerprint density at radius 1 is 1.36 bits per heavy atom. The maximum atomic E-state index is 12.5. The average Bonchev–Trinajstić information content (AvgIpc) is 2.98. The van der Waals surface area contributed by atoms with Crippen molar-refractivity contribution in [2.24, 2.45) is 0 Å². The van der Waals surface area contributed by atoms with E-state index in [0.29, 0.717) is 17.9 Å². The fraction of sp³-hybridized carbons (Fsp3) is 0.500. The van der Waals surface area contributed by atoms with Gasteiger partial charge in [-0.2, -0.15) is 0 Å². The average molecular weight is 327 g/mol. The quantitative estimate of drug-likeness (QED) is 0.816. The molecule has 0 aromatic heterocycles. The number of ether oxygens (including phenoxy) is 1. The number of nitrogens with one attached hydrogen (secondary N) is 2. The Labute approximate surface area is 137 Å². The van der Waals surface area contributed by atoms with E-state index in [1.54, 1.807) is 31.2 Å². The van der Waals surface area contributed by atoms with E-state index in [1.807, 2.05) is 6.92 Å². The zero-order valence-electron chi connectivity index (χ0n) is 13.0. The second kappa shape index (κ2) is 8.15. The van der Waals surface area contributed by atoms with Crippen molar-refractivity contribution in [2.45, 2.75) is 38.6 Å². The molecule has 1 aliphatic rings. The molecule has 1 aliphatic heterocycles. The largest absolute Gasteiger partial charge is 0.462 e. The lowest BCUT2D eigenvalue weighted by atomic mass is 9.93. The Balaban J connectivity index is 0.00000242. The van der Waals surface area contributed by atoms with E-state index in [-0.39, 0.29) is 24.3 Å². The summed E-state index contributed by atoms with van der Waals surface area (Å²) in [5.74, 6) is -0.415. The SMILES string of the molecule is CCOC(=O)c1cccc(NC(=O)C2(CC)CCCN2)c1.Cl. The first-order valence-electron chi connectivity index (χ1n) is 7.45. The van der Waals surface area contributed by atoms with Gasteiger partial charge in [0.05, 0.1) is 17.7 Å². The van der Waals surface area contributed by atoms with Crippen LogP contribution in [0.15, 0.2) is 24.3 Å². The van der Waals surface area contributed by atoms with Gasteiger partial charge >= 0.3 is 5.97 Å². The summed E-state index contributed by atoms with van der Waals surface area (Å²) in [6.45, 7) is 4.97. The highest BCUT2D eigenvalue weighted by Crippen LogP contribution is 2.25. The Bertz CT molecular complexity index is 528. The summed E-state index contributed by atoms with van der Waals surface area (Å²) in [6, 6.07) is 6.84. The number of hydrogen-bond acceptors (Lipinski definition) is 4. The molecule has 1 aromatic rings. The molecule has 1 fully saturated rings. The first-order chi connectivity index (χ1) is 10.1. The van der Waals surface area contributed by atoms with Gasteiger partial charge in [0.25, 0.3) is 0 Å². The van der Waals surface area contributed by atoms with Gasteiger partial charge in [0, 0.05) is 5.69 Å². The Morgan fingerprint density at radius 2 is 2.14 bits per heavy atom. The van der Waals surface area contributed by atoms with Gasteiger partial charge < -0.3 is 15.4 Å². The number of carbonyl (C=O) groups excluding carboxylic acids is 2. The molecular formula is C16H23ClN2O3. The van der Waals surface area contributed by atoms with Gasteiger partial charge in [-0.3, -0.25) is 4.79 Å². The van der Waals surface area contributed by atoms with Crippen LogP contribution in [0.25, 0.3) is 0 Å². The number of anilines is 1. The molecule has 1 atom stereocenters. The molecular weight excluding hydrogens is 304 g/mol. The van der Waals surface area contributed by atoms with Crippen molar-refractivity contribution in [3.8, 4) is 0 Å². The van der Waals surface area contributed by atoms with Crippen LogP contribution in [0.1, 0.15) is 43.5 Å². The van der Waals surface area contributed by atoms with E-state index >= 15 is 0 Å². The summed E-state index contributed by atoms with van der Waals surface area (Å²) in [5, 5.41) is 6.20. The lowest BCUT2D eigenvalue weighted by molar-refractivity contribution is -0.122. The van der Waals surface area contributed by atoms with Crippen LogP contribution in [0.4, 0.5) is 5.69 Å². The minimum absolute atomic E-state index is 0. The number of carbonyl (C=O) groups is 2. The molecule has 1 saturated heterocycles. The number of halogens is 1. The Hall–Kier alpha value is -1.59. The van der Waals surface area contributed by atoms with E-state index in [0.717, 1.165) is 25.8 Å². The molecule has 122 valence electrons. The summed E-state index contributed by atoms with van der Waals surface area (Å²) < 4.78 is 4.96. The third-order valence-corrected chi connectivity index (χ3v) is 3.91. The Kier molecular flexibility index (Phi) is 6.84. The van der Waals surface area contributed by atoms with Crippen LogP contribution in [-0.4, -0.2) is 30.6 Å². The van der Waals surface area contributed by atoms with Crippen LogP contribution in [0, 0.1) is 0 Å². The maximum Gasteiger partial charge on any atom is 0.338 e. The van der Waals surface area contributed by atoms with E-state index in [1.165, 1.54) is 0 Å². The maximum absolute atomic E-state index is 12.5. The summed E-state index contributed by atoms with van der Waals surface area (Å²) in [6.07, 6.45) is 2.59. The van der Waals surface area contributed by atoms with Crippen LogP contribution < -0.4 is 10.6 Å². The van der Waals surface area contributed by atoms with Crippen LogP contribution in [0.2, 0.25) is 0 Å². The van der Waals surface area contributed by atoms with Gasteiger partial charge in [0.15, 0.2) is 0 Å². The fourth-order valence-corrected chi connectivity index (χ4v) is 2.65. The van der Waals surface area contributed by atoms with Crippen molar-refractivity contribution in [1.82, 2.24) is 5.32 Å². The number of rotatable bonds is 5. The molecule has 0 saturated carbocycles. The highest BCUT2D eigenvalue weighted by Gasteiger charge is 2.39. The van der Waals surface area contributed by atoms with Gasteiger partial charge in [-0.25, -0.2) is 4.79 Å². The molecule has 2 rings (SSSR count). The molecule has 5 nitrogen and oxygen atoms in total. The molecule has 1 amide bonds. The Morgan fingerprint density at radius 3 is 2.73 bits per heavy atom. The molecule has 1 unspecified atom stereocenters. The second-order valence-electron chi connectivity index (χ2n) is 5.22. The van der Waals surface area contributed by atoms with Crippen molar-refractivity contribution < 1.29 is 14.3 Å². The van der Waals surface area contributed by atoms with Gasteiger partial charge in [0.2, 0.25) is 5.91 Å². The second-order valence-corrected chi connectivity index (χ2v) is 5.22. The summed E-state index contributed by atoms with van der Waals surface area (Å²) in [7, 11) is 0. The molecule has 1 heterocycles. The molecule has 0 bridgehead atoms. The van der Waals surface area contributed by atoms with Crippen molar-refractivity contribution in [1.29, 1.82) is 0 Å². The summed E-state index contributed by atoms with van der Waals surface area (Å²) in [5.41, 5.74) is 0.576. The van der Waals surface area contributed by atoms with E-state index in [9.17, 15) is 9.59 Å². The van der Waals surface area contributed by atoms with Crippen LogP contribution >= 0.6 is 12.4 Å². The van der Waals surface area contributed by atoms with E-state index in [4.69, 9.17) is 4.74 Å². The summed E-state index contributed by atoms with van der Waals surface area (Å²) in [4.78, 5) is 24.2. The third-order valence-electron chi connectivity index (χ3n) is 3.91. The zero-order valence-corrected chi connectivity index (χ0v) is 13.8. The first-order valence-corrected chi connectivity index (χ1v) is 7.45. The van der Waals surface area contributed by atoms with Crippen LogP contribution in [-0.2, 0) is 9.53 Å². The van der Waals surface area contributed by atoms with E-state index in [2.05, 4.69) is 10.6 Å². The summed E-state index contributed by atoms with van der Waals surface area (Å²) >= 11 is 0. The monoisotopic (exact) mass is 326 g/mol. The molecule has 0 radical (unpaired) electrons. The molecule has 2 N–H and O–H groups in total. The number of hydrogen-bond donors (Lipinski definition) is 2. The lowest BCUT2D eigenvalue weighted by Crippen LogP contribution is -2.50. The molecule has 0 spiro atoms. The number of benzene rings is 1. The van der Waals surface area contributed by atoms with Gasteiger partial charge in [-0.1, -0.05) is 13.0 Å². The fourth-order valence-electron chi connectivity index (χ4n) is 2.65. The van der Waals surface area contributed by atoms with Crippen LogP contribution in [0.5, 0.6) is 0 Å². The minimum Gasteiger partial charge on any atom is -0.462 e. The standard InChI is InChI=1S/C16H22N2O3.ClH/c1-3-16(9-6-10-17-16)15(20)18-13-8-5-7-12(11-13)14(19)21-4-2;/h5,7-8,11,17H,3-4,6,9-10H2,1-2H3,(H,18,20);1H. The number of esters is 1. The molecule has 6 heteroatoms. The third kappa shape index (κ3) is 3.99. The topological polar surface area (TPSA) is 67.4 Å². The lowest BCUT2D eigenvalue weighted by Gasteiger charge is -2.26. The predicted octanol–water partition coefficient (Wildman–Crippen LogP) is 2.76. The van der Waals surface area contributed by atoms with E-state index < -0.39 is 5.54 Å². The predicted molar refractivity (Wildman–Crippen MR) is 88.5 cm³/mol. The molecule has 1 aromatic carbocycles. The van der Waals surface area contributed by atoms with Crippen molar-refractivity contribution in [2.75, 3.05) is 18.5 Å². The molecule has 22 heavy (non-hydrogen) atoms. The van der Waals surface area contributed by atoms with Gasteiger partial charge in [-0.05, 0) is 50.9 Å². The smallest absolute Gasteiger partial charge is 0.338 e. The highest BCUT2D eigenvalue weighted by atomic mass is 35.5. The van der Waals surface area contributed by atoms with Crippen molar-refractivity contribution >= 4 is 30.0 Å². The normalized spacial score (nSPS) is 20.1. The van der Waals surface area contributed by atoms with Crippen LogP contribution in [0.3, 0.4) is 0 Å². The highest BCUT2D eigenvalue weighted by molar-refractivity contribution is 5.99. The zero-order chi connectivity index (χ0) is 15.3. The molecule has 0 aliphatic carbocycles. The van der Waals surface area contributed by atoms with Gasteiger partial charge in [-0.15, -0.1) is 12.4 Å². The van der Waals surface area contributed by atoms with Crippen molar-refractivity contribution in [3.63, 3.8) is 0 Å². The first kappa shape index (κ1) is 18.5. The minimum atomic E-state index is -0.486. The van der Waals surface area contributed by atoms with Gasteiger partial charge in [0.1, 0.15) is 0 Å².